The molecule has 0 aliphatic rings. The second-order valence-electron chi connectivity index (χ2n) is 5.97. The van der Waals surface area contributed by atoms with E-state index in [-0.39, 0.29) is 9.67 Å². The fraction of sp³-hybridized carbons (Fsp3) is 1.00. The highest BCUT2D eigenvalue weighted by atomic mass is 35.5. The second kappa shape index (κ2) is 16.5. The molecule has 0 aromatic rings. The van der Waals surface area contributed by atoms with Gasteiger partial charge in [0, 0.05) is 0 Å². The summed E-state index contributed by atoms with van der Waals surface area (Å²) in [6.07, 6.45) is 12.2. The van der Waals surface area contributed by atoms with Crippen LogP contribution >= 0.6 is 63.6 Å². The lowest BCUT2D eigenvalue weighted by atomic mass is 10.2. The molecule has 2 unspecified atom stereocenters. The van der Waals surface area contributed by atoms with E-state index in [2.05, 4.69) is 13.8 Å². The maximum Gasteiger partial charge on any atom is 0.107 e. The summed E-state index contributed by atoms with van der Waals surface area (Å²) in [4.78, 5) is -0.357. The van der Waals surface area contributed by atoms with Gasteiger partial charge < -0.3 is 0 Å². The Morgan fingerprint density at radius 1 is 0.591 bits per heavy atom. The van der Waals surface area contributed by atoms with Crippen molar-refractivity contribution < 1.29 is 0 Å². The average Bonchev–Trinajstić information content (AvgIpc) is 2.45. The summed E-state index contributed by atoms with van der Waals surface area (Å²) >= 11 is 22.9. The highest BCUT2D eigenvalue weighted by Gasteiger charge is 2.11. The van der Waals surface area contributed by atoms with Crippen LogP contribution in [0.15, 0.2) is 0 Å². The fourth-order valence-corrected chi connectivity index (χ4v) is 6.06. The first-order chi connectivity index (χ1) is 10.4. The summed E-state index contributed by atoms with van der Waals surface area (Å²) < 4.78 is 0. The van der Waals surface area contributed by atoms with Gasteiger partial charge in [-0.3, -0.25) is 0 Å². The summed E-state index contributed by atoms with van der Waals surface area (Å²) in [5.74, 6) is 0. The van der Waals surface area contributed by atoms with Crippen LogP contribution < -0.4 is 0 Å². The molecule has 0 heterocycles. The van der Waals surface area contributed by atoms with E-state index in [1.54, 1.807) is 0 Å². The molecular formula is C16H32Cl4P2. The van der Waals surface area contributed by atoms with Crippen LogP contribution in [0.5, 0.6) is 0 Å². The number of halogens is 4. The minimum atomic E-state index is -0.178. The van der Waals surface area contributed by atoms with Crippen LogP contribution in [0.3, 0.4) is 0 Å². The first-order valence-corrected chi connectivity index (χ1v) is 12.8. The van der Waals surface area contributed by atoms with E-state index in [0.29, 0.717) is 0 Å². The molecule has 0 aliphatic heterocycles. The standard InChI is InChI=1S/C16H32Cl4P2/c1-13(21-11-7-3-5-9-15(17)18)14(2)22-12-8-4-6-10-16(19)20/h13-16,21-22H,3-12H2,1-2H3/t13-,14-/m0/s1. The topological polar surface area (TPSA) is 0 Å². The van der Waals surface area contributed by atoms with Gasteiger partial charge in [-0.15, -0.1) is 63.6 Å². The molecule has 0 spiro atoms. The highest BCUT2D eigenvalue weighted by Crippen LogP contribution is 2.34. The van der Waals surface area contributed by atoms with Crippen LogP contribution in [0.25, 0.3) is 0 Å². The van der Waals surface area contributed by atoms with E-state index in [1.807, 2.05) is 0 Å². The van der Waals surface area contributed by atoms with E-state index in [4.69, 9.17) is 46.4 Å². The summed E-state index contributed by atoms with van der Waals surface area (Å²) in [6, 6.07) is 0. The van der Waals surface area contributed by atoms with Crippen LogP contribution in [-0.4, -0.2) is 33.3 Å². The predicted molar refractivity (Wildman–Crippen MR) is 113 cm³/mol. The molecule has 0 rings (SSSR count). The van der Waals surface area contributed by atoms with Gasteiger partial charge in [0.05, 0.1) is 0 Å². The molecule has 0 saturated heterocycles. The van der Waals surface area contributed by atoms with E-state index in [1.165, 1.54) is 50.8 Å². The van der Waals surface area contributed by atoms with Crippen molar-refractivity contribution >= 4 is 63.6 Å². The zero-order valence-electron chi connectivity index (χ0n) is 13.9. The van der Waals surface area contributed by atoms with Crippen LogP contribution in [-0.2, 0) is 0 Å². The molecule has 0 N–H and O–H groups in total. The van der Waals surface area contributed by atoms with Gasteiger partial charge in [-0.2, -0.15) is 0 Å². The van der Waals surface area contributed by atoms with Gasteiger partial charge in [-0.05, 0) is 49.3 Å². The van der Waals surface area contributed by atoms with Gasteiger partial charge in [0.25, 0.3) is 0 Å². The molecule has 0 radical (unpaired) electrons. The van der Waals surface area contributed by atoms with Crippen molar-refractivity contribution in [2.45, 2.75) is 86.2 Å². The average molecular weight is 428 g/mol. The summed E-state index contributed by atoms with van der Waals surface area (Å²) in [5.41, 5.74) is 1.75. The zero-order chi connectivity index (χ0) is 16.8. The van der Waals surface area contributed by atoms with Gasteiger partial charge in [-0.1, -0.05) is 39.5 Å². The summed E-state index contributed by atoms with van der Waals surface area (Å²) in [7, 11) is 2.21. The molecular weight excluding hydrogens is 396 g/mol. The Balaban J connectivity index is 3.41. The third kappa shape index (κ3) is 16.9. The molecule has 0 aromatic heterocycles. The normalized spacial score (nSPS) is 15.8. The number of rotatable bonds is 15. The number of hydrogen-bond acceptors (Lipinski definition) is 0. The van der Waals surface area contributed by atoms with E-state index < -0.39 is 0 Å². The molecule has 4 atom stereocenters. The highest BCUT2D eigenvalue weighted by molar-refractivity contribution is 7.43. The maximum absolute atomic E-state index is 5.73. The van der Waals surface area contributed by atoms with Gasteiger partial charge in [0.2, 0.25) is 0 Å². The first kappa shape index (κ1) is 24.0. The van der Waals surface area contributed by atoms with Crippen molar-refractivity contribution in [2.75, 3.05) is 12.3 Å². The summed E-state index contributed by atoms with van der Waals surface area (Å²) in [6.45, 7) is 4.85. The smallest absolute Gasteiger partial charge is 0.107 e. The largest absolute Gasteiger partial charge is 0.119 e. The van der Waals surface area contributed by atoms with Crippen LogP contribution in [0.1, 0.15) is 65.2 Å². The minimum absolute atomic E-state index is 0.178. The van der Waals surface area contributed by atoms with Crippen molar-refractivity contribution in [3.8, 4) is 0 Å². The SMILES string of the molecule is C[C@H](PCCCCCC(Cl)Cl)[C@H](C)PCCCCCC(Cl)Cl. The molecule has 22 heavy (non-hydrogen) atoms. The maximum atomic E-state index is 5.73. The molecule has 0 amide bonds. The predicted octanol–water partition coefficient (Wildman–Crippen LogP) is 7.85. The van der Waals surface area contributed by atoms with Gasteiger partial charge >= 0.3 is 0 Å². The minimum Gasteiger partial charge on any atom is -0.119 e. The molecule has 0 nitrogen and oxygen atoms in total. The quantitative estimate of drug-likeness (QED) is 0.142. The van der Waals surface area contributed by atoms with Crippen molar-refractivity contribution in [3.05, 3.63) is 0 Å². The van der Waals surface area contributed by atoms with Crippen LogP contribution in [0.4, 0.5) is 0 Å². The molecule has 0 saturated carbocycles. The monoisotopic (exact) mass is 426 g/mol. The van der Waals surface area contributed by atoms with Gasteiger partial charge in [0.15, 0.2) is 0 Å². The van der Waals surface area contributed by atoms with Crippen molar-refractivity contribution in [3.63, 3.8) is 0 Å². The third-order valence-corrected chi connectivity index (χ3v) is 8.66. The van der Waals surface area contributed by atoms with E-state index in [9.17, 15) is 0 Å². The van der Waals surface area contributed by atoms with Crippen molar-refractivity contribution in [2.24, 2.45) is 0 Å². The Bertz CT molecular complexity index is 216. The third-order valence-electron chi connectivity index (χ3n) is 3.88. The van der Waals surface area contributed by atoms with Gasteiger partial charge in [-0.25, -0.2) is 0 Å². The Hall–Kier alpha value is 2.02. The Kier molecular flexibility index (Phi) is 18.0. The van der Waals surface area contributed by atoms with Crippen molar-refractivity contribution in [1.29, 1.82) is 0 Å². The number of hydrogen-bond donors (Lipinski definition) is 0. The lowest BCUT2D eigenvalue weighted by molar-refractivity contribution is 0.693. The van der Waals surface area contributed by atoms with Crippen LogP contribution in [0.2, 0.25) is 0 Å². The molecule has 0 fully saturated rings. The van der Waals surface area contributed by atoms with Gasteiger partial charge in [0.1, 0.15) is 9.67 Å². The Labute approximate surface area is 161 Å². The second-order valence-corrected chi connectivity index (χ2v) is 12.2. The fourth-order valence-electron chi connectivity index (χ4n) is 2.21. The van der Waals surface area contributed by atoms with Crippen LogP contribution in [0, 0.1) is 0 Å². The lowest BCUT2D eigenvalue weighted by Crippen LogP contribution is -2.10. The molecule has 0 bridgehead atoms. The molecule has 134 valence electrons. The molecule has 0 aromatic carbocycles. The van der Waals surface area contributed by atoms with E-state index >= 15 is 0 Å². The summed E-state index contributed by atoms with van der Waals surface area (Å²) in [5, 5.41) is 0. The van der Waals surface area contributed by atoms with E-state index in [0.717, 1.165) is 41.3 Å². The first-order valence-electron chi connectivity index (χ1n) is 8.46. The zero-order valence-corrected chi connectivity index (χ0v) is 18.9. The Morgan fingerprint density at radius 2 is 0.955 bits per heavy atom. The lowest BCUT2D eigenvalue weighted by Gasteiger charge is -2.20. The Morgan fingerprint density at radius 3 is 1.27 bits per heavy atom. The molecule has 6 heteroatoms. The number of unbranched alkanes of at least 4 members (excludes halogenated alkanes) is 4. The van der Waals surface area contributed by atoms with Crippen molar-refractivity contribution in [1.82, 2.24) is 0 Å². The molecule has 0 aliphatic carbocycles. The number of alkyl halides is 4.